The van der Waals surface area contributed by atoms with Crippen molar-refractivity contribution in [2.75, 3.05) is 6.61 Å². The van der Waals surface area contributed by atoms with Gasteiger partial charge in [0.15, 0.2) is 0 Å². The van der Waals surface area contributed by atoms with E-state index in [1.54, 1.807) is 37.3 Å². The number of alkyl halides is 3. The zero-order chi connectivity index (χ0) is 15.5. The first kappa shape index (κ1) is 15.4. The van der Waals surface area contributed by atoms with Crippen LogP contribution in [0, 0.1) is 0 Å². The zero-order valence-electron chi connectivity index (χ0n) is 11.4. The van der Waals surface area contributed by atoms with Crippen molar-refractivity contribution in [2.24, 2.45) is 0 Å². The highest BCUT2D eigenvalue weighted by Crippen LogP contribution is 2.38. The van der Waals surface area contributed by atoms with E-state index in [2.05, 4.69) is 0 Å². The van der Waals surface area contributed by atoms with Crippen LogP contribution in [0.2, 0.25) is 0 Å². The maximum Gasteiger partial charge on any atom is 0.419 e. The summed E-state index contributed by atoms with van der Waals surface area (Å²) in [6, 6.07) is 12.2. The minimum Gasteiger partial charge on any atom is -0.493 e. The molecule has 21 heavy (non-hydrogen) atoms. The lowest BCUT2D eigenvalue weighted by atomic mass is 9.99. The fourth-order valence-electron chi connectivity index (χ4n) is 2.05. The van der Waals surface area contributed by atoms with Gasteiger partial charge in [0.2, 0.25) is 0 Å². The van der Waals surface area contributed by atoms with Crippen molar-refractivity contribution in [3.8, 4) is 5.75 Å². The summed E-state index contributed by atoms with van der Waals surface area (Å²) in [5.41, 5.74) is -0.163. The van der Waals surface area contributed by atoms with E-state index >= 15 is 0 Å². The van der Waals surface area contributed by atoms with E-state index in [1.165, 1.54) is 12.1 Å². The molecule has 0 fully saturated rings. The smallest absolute Gasteiger partial charge is 0.419 e. The van der Waals surface area contributed by atoms with Crippen molar-refractivity contribution in [3.63, 3.8) is 0 Å². The molecule has 0 aliphatic carbocycles. The van der Waals surface area contributed by atoms with Gasteiger partial charge in [-0.15, -0.1) is 0 Å². The number of hydrogen-bond donors (Lipinski definition) is 1. The highest BCUT2D eigenvalue weighted by molar-refractivity contribution is 5.42. The average molecular weight is 296 g/mol. The highest BCUT2D eigenvalue weighted by atomic mass is 19.4. The van der Waals surface area contributed by atoms with Gasteiger partial charge in [0.05, 0.1) is 12.2 Å². The van der Waals surface area contributed by atoms with Crippen LogP contribution in [0.25, 0.3) is 0 Å². The quantitative estimate of drug-likeness (QED) is 0.917. The summed E-state index contributed by atoms with van der Waals surface area (Å²) in [5, 5.41) is 10.2. The molecular weight excluding hydrogens is 281 g/mol. The SMILES string of the molecule is CCOc1ccc(C(O)c2ccccc2)cc1C(F)(F)F. The Morgan fingerprint density at radius 3 is 2.29 bits per heavy atom. The molecule has 2 aromatic carbocycles. The Hall–Kier alpha value is -2.01. The summed E-state index contributed by atoms with van der Waals surface area (Å²) in [6.07, 6.45) is -5.64. The first-order valence-electron chi connectivity index (χ1n) is 6.50. The van der Waals surface area contributed by atoms with Gasteiger partial charge in [-0.1, -0.05) is 36.4 Å². The maximum absolute atomic E-state index is 13.1. The van der Waals surface area contributed by atoms with Gasteiger partial charge in [0, 0.05) is 0 Å². The molecule has 0 amide bonds. The monoisotopic (exact) mass is 296 g/mol. The summed E-state index contributed by atoms with van der Waals surface area (Å²) in [7, 11) is 0. The van der Waals surface area contributed by atoms with E-state index in [1.807, 2.05) is 0 Å². The van der Waals surface area contributed by atoms with Crippen molar-refractivity contribution in [1.82, 2.24) is 0 Å². The molecule has 5 heteroatoms. The predicted molar refractivity (Wildman–Crippen MR) is 73.1 cm³/mol. The summed E-state index contributed by atoms with van der Waals surface area (Å²) in [6.45, 7) is 1.76. The summed E-state index contributed by atoms with van der Waals surface area (Å²) < 4.78 is 44.2. The van der Waals surface area contributed by atoms with Gasteiger partial charge >= 0.3 is 6.18 Å². The lowest BCUT2D eigenvalue weighted by Gasteiger charge is -2.17. The number of aliphatic hydroxyl groups excluding tert-OH is 1. The molecule has 0 aliphatic heterocycles. The number of rotatable bonds is 4. The molecule has 0 saturated carbocycles. The van der Waals surface area contributed by atoms with E-state index in [0.717, 1.165) is 6.07 Å². The lowest BCUT2D eigenvalue weighted by molar-refractivity contribution is -0.139. The van der Waals surface area contributed by atoms with Crippen molar-refractivity contribution in [2.45, 2.75) is 19.2 Å². The van der Waals surface area contributed by atoms with Crippen LogP contribution in [0.15, 0.2) is 48.5 Å². The van der Waals surface area contributed by atoms with E-state index in [0.29, 0.717) is 5.56 Å². The van der Waals surface area contributed by atoms with Crippen LogP contribution in [0.4, 0.5) is 13.2 Å². The Bertz CT molecular complexity index is 594. The topological polar surface area (TPSA) is 29.5 Å². The van der Waals surface area contributed by atoms with E-state index in [-0.39, 0.29) is 17.9 Å². The maximum atomic E-state index is 13.1. The second-order valence-corrected chi connectivity index (χ2v) is 4.50. The Balaban J connectivity index is 2.42. The second-order valence-electron chi connectivity index (χ2n) is 4.50. The van der Waals surface area contributed by atoms with Gasteiger partial charge < -0.3 is 9.84 Å². The summed E-state index contributed by atoms with van der Waals surface area (Å²) >= 11 is 0. The standard InChI is InChI=1S/C16H15F3O2/c1-2-21-14-9-8-12(10-13(14)16(17,18)19)15(20)11-6-4-3-5-7-11/h3-10,15,20H,2H2,1H3. The van der Waals surface area contributed by atoms with Crippen molar-refractivity contribution in [3.05, 3.63) is 65.2 Å². The molecule has 112 valence electrons. The normalized spacial score (nSPS) is 13.0. The van der Waals surface area contributed by atoms with Crippen LogP contribution in [-0.2, 0) is 6.18 Å². The van der Waals surface area contributed by atoms with E-state index in [9.17, 15) is 18.3 Å². The molecule has 0 saturated heterocycles. The van der Waals surface area contributed by atoms with Gasteiger partial charge in [-0.05, 0) is 30.2 Å². The molecule has 0 aromatic heterocycles. The molecule has 0 bridgehead atoms. The van der Waals surface area contributed by atoms with Crippen LogP contribution in [0.3, 0.4) is 0 Å². The second kappa shape index (κ2) is 6.18. The first-order chi connectivity index (χ1) is 9.93. The average Bonchev–Trinajstić information content (AvgIpc) is 2.47. The zero-order valence-corrected chi connectivity index (χ0v) is 11.4. The molecule has 0 radical (unpaired) electrons. The minimum absolute atomic E-state index is 0.143. The fraction of sp³-hybridized carbons (Fsp3) is 0.250. The molecule has 2 nitrogen and oxygen atoms in total. The van der Waals surface area contributed by atoms with Crippen LogP contribution < -0.4 is 4.74 Å². The molecule has 0 aliphatic rings. The summed E-state index contributed by atoms with van der Waals surface area (Å²) in [5.74, 6) is -0.228. The molecule has 2 aromatic rings. The van der Waals surface area contributed by atoms with Crippen molar-refractivity contribution in [1.29, 1.82) is 0 Å². The van der Waals surface area contributed by atoms with Gasteiger partial charge in [-0.2, -0.15) is 13.2 Å². The molecular formula is C16H15F3O2. The molecule has 2 rings (SSSR count). The van der Waals surface area contributed by atoms with Gasteiger partial charge in [-0.25, -0.2) is 0 Å². The molecule has 1 atom stereocenters. The Labute approximate surface area is 120 Å². The summed E-state index contributed by atoms with van der Waals surface area (Å²) in [4.78, 5) is 0. The number of halogens is 3. The highest BCUT2D eigenvalue weighted by Gasteiger charge is 2.35. The number of ether oxygens (including phenoxy) is 1. The third-order valence-corrected chi connectivity index (χ3v) is 3.04. The third-order valence-electron chi connectivity index (χ3n) is 3.04. The van der Waals surface area contributed by atoms with Gasteiger partial charge in [0.25, 0.3) is 0 Å². The Morgan fingerprint density at radius 2 is 1.71 bits per heavy atom. The minimum atomic E-state index is -4.53. The Kier molecular flexibility index (Phi) is 4.53. The van der Waals surface area contributed by atoms with Crippen LogP contribution in [-0.4, -0.2) is 11.7 Å². The predicted octanol–water partition coefficient (Wildman–Crippen LogP) is 4.19. The van der Waals surface area contributed by atoms with Crippen LogP contribution >= 0.6 is 0 Å². The molecule has 1 unspecified atom stereocenters. The third kappa shape index (κ3) is 3.55. The number of hydrogen-bond acceptors (Lipinski definition) is 2. The molecule has 1 N–H and O–H groups in total. The van der Waals surface area contributed by atoms with Crippen LogP contribution in [0.1, 0.15) is 29.7 Å². The Morgan fingerprint density at radius 1 is 1.05 bits per heavy atom. The molecule has 0 heterocycles. The largest absolute Gasteiger partial charge is 0.493 e. The van der Waals surface area contributed by atoms with Crippen LogP contribution in [0.5, 0.6) is 5.75 Å². The van der Waals surface area contributed by atoms with Crippen molar-refractivity contribution >= 4 is 0 Å². The van der Waals surface area contributed by atoms with E-state index in [4.69, 9.17) is 4.74 Å². The number of benzene rings is 2. The first-order valence-corrected chi connectivity index (χ1v) is 6.50. The number of aliphatic hydroxyl groups is 1. The van der Waals surface area contributed by atoms with Crippen molar-refractivity contribution < 1.29 is 23.0 Å². The molecule has 0 spiro atoms. The van der Waals surface area contributed by atoms with Gasteiger partial charge in [0.1, 0.15) is 11.9 Å². The van der Waals surface area contributed by atoms with E-state index < -0.39 is 17.8 Å². The van der Waals surface area contributed by atoms with Gasteiger partial charge in [-0.3, -0.25) is 0 Å². The fourth-order valence-corrected chi connectivity index (χ4v) is 2.05. The lowest BCUT2D eigenvalue weighted by Crippen LogP contribution is -2.10.